The molecule has 3 rings (SSSR count). The van der Waals surface area contributed by atoms with Crippen LogP contribution in [0.3, 0.4) is 0 Å². The molecule has 0 aliphatic heterocycles. The summed E-state index contributed by atoms with van der Waals surface area (Å²) in [4.78, 5) is 11.7. The molecule has 0 heterocycles. The molecule has 21 heavy (non-hydrogen) atoms. The van der Waals surface area contributed by atoms with Crippen LogP contribution in [0.5, 0.6) is 0 Å². The minimum Gasteiger partial charge on any atom is -0.382 e. The van der Waals surface area contributed by atoms with Crippen LogP contribution in [0.4, 0.5) is 11.4 Å². The number of amides is 1. The van der Waals surface area contributed by atoms with Crippen LogP contribution in [0.2, 0.25) is 0 Å². The lowest BCUT2D eigenvalue weighted by Gasteiger charge is -2.32. The van der Waals surface area contributed by atoms with Crippen molar-refractivity contribution in [3.8, 4) is 0 Å². The molecule has 0 radical (unpaired) electrons. The number of nitrogens with one attached hydrogen (secondary N) is 2. The molecule has 2 aliphatic rings. The predicted octanol–water partition coefficient (Wildman–Crippen LogP) is 4.27. The first-order chi connectivity index (χ1) is 10.1. The molecule has 2 fully saturated rings. The lowest BCUT2D eigenvalue weighted by atomic mass is 9.80. The summed E-state index contributed by atoms with van der Waals surface area (Å²) in [6.07, 6.45) is 5.95. The fraction of sp³-hybridized carbons (Fsp3) is 0.611. The summed E-state index contributed by atoms with van der Waals surface area (Å²) >= 11 is 0. The van der Waals surface area contributed by atoms with Gasteiger partial charge in [0.05, 0.1) is 0 Å². The van der Waals surface area contributed by atoms with Gasteiger partial charge in [-0.25, -0.2) is 0 Å². The highest BCUT2D eigenvalue weighted by Crippen LogP contribution is 2.31. The van der Waals surface area contributed by atoms with Crippen molar-refractivity contribution < 1.29 is 4.79 Å². The zero-order valence-electron chi connectivity index (χ0n) is 13.1. The monoisotopic (exact) mass is 286 g/mol. The van der Waals surface area contributed by atoms with Gasteiger partial charge >= 0.3 is 0 Å². The Morgan fingerprint density at radius 2 is 1.52 bits per heavy atom. The summed E-state index contributed by atoms with van der Waals surface area (Å²) in [5.74, 6) is 2.05. The largest absolute Gasteiger partial charge is 0.382 e. The first-order valence-electron chi connectivity index (χ1n) is 8.27. The summed E-state index contributed by atoms with van der Waals surface area (Å²) in [7, 11) is 0. The molecule has 0 spiro atoms. The molecule has 2 saturated carbocycles. The van der Waals surface area contributed by atoms with E-state index in [9.17, 15) is 4.79 Å². The van der Waals surface area contributed by atoms with Gasteiger partial charge in [0.25, 0.3) is 0 Å². The van der Waals surface area contributed by atoms with E-state index in [0.717, 1.165) is 36.1 Å². The van der Waals surface area contributed by atoms with Crippen molar-refractivity contribution in [1.82, 2.24) is 0 Å². The number of hydrogen-bond donors (Lipinski definition) is 2. The summed E-state index contributed by atoms with van der Waals surface area (Å²) < 4.78 is 0. The van der Waals surface area contributed by atoms with Gasteiger partial charge in [-0.2, -0.15) is 0 Å². The van der Waals surface area contributed by atoms with Crippen molar-refractivity contribution in [2.45, 2.75) is 52.0 Å². The molecule has 0 saturated heterocycles. The van der Waals surface area contributed by atoms with Crippen molar-refractivity contribution in [2.24, 2.45) is 17.8 Å². The van der Waals surface area contributed by atoms with Gasteiger partial charge in [0.15, 0.2) is 0 Å². The normalized spacial score (nSPS) is 29.0. The lowest BCUT2D eigenvalue weighted by molar-refractivity contribution is -0.117. The zero-order valence-corrected chi connectivity index (χ0v) is 13.1. The van der Waals surface area contributed by atoms with E-state index in [4.69, 9.17) is 0 Å². The smallest absolute Gasteiger partial charge is 0.227 e. The van der Waals surface area contributed by atoms with Gasteiger partial charge in [-0.3, -0.25) is 4.79 Å². The van der Waals surface area contributed by atoms with Gasteiger partial charge in [-0.05, 0) is 68.2 Å². The Balaban J connectivity index is 1.55. The van der Waals surface area contributed by atoms with E-state index in [2.05, 4.69) is 36.6 Å². The van der Waals surface area contributed by atoms with Crippen molar-refractivity contribution in [1.29, 1.82) is 0 Å². The Morgan fingerprint density at radius 3 is 2.10 bits per heavy atom. The molecule has 2 aliphatic carbocycles. The van der Waals surface area contributed by atoms with Crippen molar-refractivity contribution in [2.75, 3.05) is 10.6 Å². The highest BCUT2D eigenvalue weighted by Gasteiger charge is 2.29. The molecular formula is C18H26N2O. The van der Waals surface area contributed by atoms with Gasteiger partial charge in [0.2, 0.25) is 5.91 Å². The Hall–Kier alpha value is -1.51. The van der Waals surface area contributed by atoms with E-state index in [-0.39, 0.29) is 11.8 Å². The molecule has 2 atom stereocenters. The van der Waals surface area contributed by atoms with Crippen LogP contribution in [0.1, 0.15) is 46.0 Å². The quantitative estimate of drug-likeness (QED) is 0.867. The molecular weight excluding hydrogens is 260 g/mol. The van der Waals surface area contributed by atoms with Crippen LogP contribution in [-0.2, 0) is 4.79 Å². The molecule has 0 bridgehead atoms. The zero-order chi connectivity index (χ0) is 14.8. The van der Waals surface area contributed by atoms with Crippen LogP contribution >= 0.6 is 0 Å². The Labute approximate surface area is 127 Å². The highest BCUT2D eigenvalue weighted by molar-refractivity contribution is 5.94. The standard InChI is InChI=1S/C18H26N2O/c1-12-9-13(2)11-17(10-12)19-15-5-7-16(8-6-15)20-18(21)14-3-4-14/h5-8,12-14,17,19H,3-4,9-11H2,1-2H3,(H,20,21). The topological polar surface area (TPSA) is 41.1 Å². The van der Waals surface area contributed by atoms with E-state index < -0.39 is 0 Å². The van der Waals surface area contributed by atoms with E-state index in [1.165, 1.54) is 19.3 Å². The SMILES string of the molecule is CC1CC(C)CC(Nc2ccc(NC(=O)C3CC3)cc2)C1. The average molecular weight is 286 g/mol. The van der Waals surface area contributed by atoms with Crippen LogP contribution in [0, 0.1) is 17.8 Å². The summed E-state index contributed by atoms with van der Waals surface area (Å²) in [6.45, 7) is 4.70. The first-order valence-corrected chi connectivity index (χ1v) is 8.27. The molecule has 2 unspecified atom stereocenters. The number of carbonyl (C=O) groups excluding carboxylic acids is 1. The summed E-state index contributed by atoms with van der Waals surface area (Å²) in [6, 6.07) is 8.73. The maximum Gasteiger partial charge on any atom is 0.227 e. The predicted molar refractivity (Wildman–Crippen MR) is 87.4 cm³/mol. The third kappa shape index (κ3) is 3.99. The molecule has 3 nitrogen and oxygen atoms in total. The summed E-state index contributed by atoms with van der Waals surface area (Å²) in [5.41, 5.74) is 2.06. The van der Waals surface area contributed by atoms with Crippen LogP contribution < -0.4 is 10.6 Å². The molecule has 114 valence electrons. The average Bonchev–Trinajstić information content (AvgIpc) is 3.24. The Kier molecular flexibility index (Phi) is 4.18. The number of benzene rings is 1. The molecule has 3 heteroatoms. The minimum atomic E-state index is 0.172. The first kappa shape index (κ1) is 14.4. The van der Waals surface area contributed by atoms with E-state index in [1.54, 1.807) is 0 Å². The Bertz CT molecular complexity index is 482. The molecule has 1 amide bonds. The molecule has 1 aromatic rings. The fourth-order valence-corrected chi connectivity index (χ4v) is 3.54. The molecule has 0 aromatic heterocycles. The lowest BCUT2D eigenvalue weighted by Crippen LogP contribution is -2.30. The third-order valence-electron chi connectivity index (χ3n) is 4.65. The second-order valence-electron chi connectivity index (χ2n) is 7.10. The van der Waals surface area contributed by atoms with Gasteiger partial charge in [-0.15, -0.1) is 0 Å². The van der Waals surface area contributed by atoms with Crippen molar-refractivity contribution in [3.63, 3.8) is 0 Å². The number of anilines is 2. The van der Waals surface area contributed by atoms with Crippen LogP contribution in [0.25, 0.3) is 0 Å². The van der Waals surface area contributed by atoms with Gasteiger partial charge in [0.1, 0.15) is 0 Å². The van der Waals surface area contributed by atoms with E-state index in [0.29, 0.717) is 6.04 Å². The van der Waals surface area contributed by atoms with E-state index in [1.807, 2.05) is 12.1 Å². The second-order valence-corrected chi connectivity index (χ2v) is 7.10. The van der Waals surface area contributed by atoms with Gasteiger partial charge < -0.3 is 10.6 Å². The number of rotatable bonds is 4. The minimum absolute atomic E-state index is 0.172. The van der Waals surface area contributed by atoms with Gasteiger partial charge in [-0.1, -0.05) is 13.8 Å². The number of hydrogen-bond acceptors (Lipinski definition) is 2. The van der Waals surface area contributed by atoms with E-state index >= 15 is 0 Å². The van der Waals surface area contributed by atoms with Crippen molar-refractivity contribution in [3.05, 3.63) is 24.3 Å². The van der Waals surface area contributed by atoms with Crippen LogP contribution in [-0.4, -0.2) is 11.9 Å². The number of carbonyl (C=O) groups is 1. The molecule has 2 N–H and O–H groups in total. The van der Waals surface area contributed by atoms with Crippen molar-refractivity contribution >= 4 is 17.3 Å². The maximum atomic E-state index is 11.7. The summed E-state index contributed by atoms with van der Waals surface area (Å²) in [5, 5.41) is 6.63. The third-order valence-corrected chi connectivity index (χ3v) is 4.65. The maximum absolute atomic E-state index is 11.7. The fourth-order valence-electron chi connectivity index (χ4n) is 3.54. The highest BCUT2D eigenvalue weighted by atomic mass is 16.2. The second kappa shape index (κ2) is 6.08. The van der Waals surface area contributed by atoms with Gasteiger partial charge in [0, 0.05) is 23.3 Å². The Morgan fingerprint density at radius 1 is 0.952 bits per heavy atom. The molecule has 1 aromatic carbocycles. The van der Waals surface area contributed by atoms with Crippen LogP contribution in [0.15, 0.2) is 24.3 Å².